The van der Waals surface area contributed by atoms with E-state index in [9.17, 15) is 13.2 Å². The van der Waals surface area contributed by atoms with E-state index in [1.165, 1.54) is 48.7 Å². The average molecular weight is 430 g/mol. The Morgan fingerprint density at radius 3 is 2.41 bits per heavy atom. The van der Waals surface area contributed by atoms with Gasteiger partial charge in [0.25, 0.3) is 5.91 Å². The highest BCUT2D eigenvalue weighted by Gasteiger charge is 2.19. The zero-order valence-electron chi connectivity index (χ0n) is 17.0. The highest BCUT2D eigenvalue weighted by molar-refractivity contribution is 7.89. The number of carbonyl (C=O) groups is 1. The molecule has 3 aromatic rings. The van der Waals surface area contributed by atoms with Crippen LogP contribution in [0.4, 0.5) is 5.13 Å². The summed E-state index contributed by atoms with van der Waals surface area (Å²) in [6.45, 7) is 6.17. The molecule has 0 saturated carbocycles. The lowest BCUT2D eigenvalue weighted by molar-refractivity contribution is 0.102. The smallest absolute Gasteiger partial charge is 0.257 e. The second-order valence-electron chi connectivity index (χ2n) is 7.06. The summed E-state index contributed by atoms with van der Waals surface area (Å²) in [7, 11) is -0.705. The van der Waals surface area contributed by atoms with Crippen molar-refractivity contribution in [2.75, 3.05) is 19.4 Å². The molecular weight excluding hydrogens is 406 g/mol. The van der Waals surface area contributed by atoms with Crippen LogP contribution in [-0.2, 0) is 10.0 Å². The van der Waals surface area contributed by atoms with Crippen molar-refractivity contribution >= 4 is 32.4 Å². The second-order valence-corrected chi connectivity index (χ2v) is 10.1. The SMILES string of the molecule is Cc1cc(C)c(-c2csc(NC(=O)c3cccc(S(=O)(=O)N(C)C)c3)n2)cc1C. The Kier molecular flexibility index (Phi) is 5.88. The predicted octanol–water partition coefficient (Wildman–Crippen LogP) is 4.24. The minimum absolute atomic E-state index is 0.0701. The third kappa shape index (κ3) is 4.39. The first kappa shape index (κ1) is 21.2. The van der Waals surface area contributed by atoms with E-state index in [-0.39, 0.29) is 10.5 Å². The molecule has 29 heavy (non-hydrogen) atoms. The number of hydrogen-bond acceptors (Lipinski definition) is 5. The van der Waals surface area contributed by atoms with Crippen LogP contribution in [0.5, 0.6) is 0 Å². The second kappa shape index (κ2) is 8.06. The van der Waals surface area contributed by atoms with Gasteiger partial charge in [-0.2, -0.15) is 0 Å². The van der Waals surface area contributed by atoms with Gasteiger partial charge in [0, 0.05) is 30.6 Å². The molecule has 1 N–H and O–H groups in total. The van der Waals surface area contributed by atoms with E-state index in [1.54, 1.807) is 12.1 Å². The van der Waals surface area contributed by atoms with Gasteiger partial charge in [-0.05, 0) is 61.7 Å². The number of anilines is 1. The first-order valence-electron chi connectivity index (χ1n) is 8.97. The Labute approximate surface area is 175 Å². The Hall–Kier alpha value is -2.55. The molecule has 0 saturated heterocycles. The molecule has 6 nitrogen and oxygen atoms in total. The van der Waals surface area contributed by atoms with Gasteiger partial charge in [0.15, 0.2) is 5.13 Å². The number of sulfonamides is 1. The lowest BCUT2D eigenvalue weighted by Gasteiger charge is -2.12. The van der Waals surface area contributed by atoms with Gasteiger partial charge in [-0.25, -0.2) is 17.7 Å². The summed E-state index contributed by atoms with van der Waals surface area (Å²) in [6.07, 6.45) is 0. The molecular formula is C21H23N3O3S2. The fourth-order valence-corrected chi connectivity index (χ4v) is 4.52. The number of amides is 1. The topological polar surface area (TPSA) is 79.4 Å². The number of rotatable bonds is 5. The summed E-state index contributed by atoms with van der Waals surface area (Å²) in [5, 5.41) is 5.13. The van der Waals surface area contributed by atoms with E-state index in [4.69, 9.17) is 0 Å². The highest BCUT2D eigenvalue weighted by atomic mass is 32.2. The standard InChI is InChI=1S/C21H23N3O3S2/c1-13-9-15(3)18(10-14(13)2)19-12-28-21(22-19)23-20(25)16-7-6-8-17(11-16)29(26,27)24(4)5/h6-12H,1-5H3,(H,22,23,25). The Balaban J connectivity index is 1.84. The first-order chi connectivity index (χ1) is 13.6. The van der Waals surface area contributed by atoms with Gasteiger partial charge in [-0.1, -0.05) is 12.1 Å². The summed E-state index contributed by atoms with van der Waals surface area (Å²) in [4.78, 5) is 17.2. The number of benzene rings is 2. The molecule has 0 spiro atoms. The van der Waals surface area contributed by atoms with E-state index in [1.807, 2.05) is 12.3 Å². The van der Waals surface area contributed by atoms with E-state index in [0.717, 1.165) is 21.1 Å². The van der Waals surface area contributed by atoms with Crippen LogP contribution in [0.15, 0.2) is 46.7 Å². The van der Waals surface area contributed by atoms with Crippen LogP contribution in [0.3, 0.4) is 0 Å². The summed E-state index contributed by atoms with van der Waals surface area (Å²) >= 11 is 1.33. The molecule has 0 fully saturated rings. The van der Waals surface area contributed by atoms with Crippen LogP contribution in [0, 0.1) is 20.8 Å². The monoisotopic (exact) mass is 429 g/mol. The summed E-state index contributed by atoms with van der Waals surface area (Å²) in [5.41, 5.74) is 5.62. The van der Waals surface area contributed by atoms with E-state index >= 15 is 0 Å². The third-order valence-electron chi connectivity index (χ3n) is 4.72. The molecule has 0 bridgehead atoms. The minimum atomic E-state index is -3.61. The number of nitrogens with one attached hydrogen (secondary N) is 1. The van der Waals surface area contributed by atoms with Gasteiger partial charge in [-0.3, -0.25) is 10.1 Å². The zero-order chi connectivity index (χ0) is 21.3. The lowest BCUT2D eigenvalue weighted by Crippen LogP contribution is -2.22. The van der Waals surface area contributed by atoms with Gasteiger partial charge >= 0.3 is 0 Å². The third-order valence-corrected chi connectivity index (χ3v) is 7.28. The van der Waals surface area contributed by atoms with Crippen molar-refractivity contribution in [3.63, 3.8) is 0 Å². The number of aromatic nitrogens is 1. The zero-order valence-corrected chi connectivity index (χ0v) is 18.6. The normalized spacial score (nSPS) is 11.7. The van der Waals surface area contributed by atoms with E-state index in [0.29, 0.717) is 5.13 Å². The maximum absolute atomic E-state index is 12.6. The number of aryl methyl sites for hydroxylation is 3. The molecule has 0 unspecified atom stereocenters. The molecule has 1 aromatic heterocycles. The minimum Gasteiger partial charge on any atom is -0.298 e. The van der Waals surface area contributed by atoms with Crippen LogP contribution in [0.25, 0.3) is 11.3 Å². The number of hydrogen-bond donors (Lipinski definition) is 1. The van der Waals surface area contributed by atoms with Gasteiger partial charge in [0.1, 0.15) is 0 Å². The van der Waals surface area contributed by atoms with E-state index in [2.05, 4.69) is 36.3 Å². The predicted molar refractivity (Wildman–Crippen MR) is 117 cm³/mol. The van der Waals surface area contributed by atoms with Crippen molar-refractivity contribution in [2.24, 2.45) is 0 Å². The van der Waals surface area contributed by atoms with Crippen LogP contribution in [-0.4, -0.2) is 37.7 Å². The van der Waals surface area contributed by atoms with Crippen molar-refractivity contribution < 1.29 is 13.2 Å². The van der Waals surface area contributed by atoms with Gasteiger partial charge < -0.3 is 0 Å². The summed E-state index contributed by atoms with van der Waals surface area (Å²) in [6, 6.07) is 10.2. The molecule has 0 radical (unpaired) electrons. The molecule has 152 valence electrons. The highest BCUT2D eigenvalue weighted by Crippen LogP contribution is 2.29. The maximum Gasteiger partial charge on any atom is 0.257 e. The van der Waals surface area contributed by atoms with E-state index < -0.39 is 15.9 Å². The Bertz CT molecular complexity index is 1180. The fraction of sp³-hybridized carbons (Fsp3) is 0.238. The summed E-state index contributed by atoms with van der Waals surface area (Å²) < 4.78 is 25.7. The first-order valence-corrected chi connectivity index (χ1v) is 11.3. The largest absolute Gasteiger partial charge is 0.298 e. The lowest BCUT2D eigenvalue weighted by atomic mass is 9.99. The molecule has 3 rings (SSSR count). The fourth-order valence-electron chi connectivity index (χ4n) is 2.87. The molecule has 0 atom stereocenters. The molecule has 0 aliphatic carbocycles. The van der Waals surface area contributed by atoms with Crippen LogP contribution >= 0.6 is 11.3 Å². The van der Waals surface area contributed by atoms with Crippen molar-refractivity contribution in [2.45, 2.75) is 25.7 Å². The molecule has 0 aliphatic rings. The van der Waals surface area contributed by atoms with Crippen molar-refractivity contribution in [1.29, 1.82) is 0 Å². The quantitative estimate of drug-likeness (QED) is 0.658. The molecule has 8 heteroatoms. The maximum atomic E-state index is 12.6. The molecule has 2 aromatic carbocycles. The van der Waals surface area contributed by atoms with Gasteiger partial charge in [0.05, 0.1) is 10.6 Å². The number of thiazole rings is 1. The Morgan fingerprint density at radius 2 is 1.72 bits per heavy atom. The number of carbonyl (C=O) groups excluding carboxylic acids is 1. The van der Waals surface area contributed by atoms with Crippen molar-refractivity contribution in [1.82, 2.24) is 9.29 Å². The number of nitrogens with zero attached hydrogens (tertiary/aromatic N) is 2. The molecule has 0 aliphatic heterocycles. The summed E-state index contributed by atoms with van der Waals surface area (Å²) in [5.74, 6) is -0.404. The van der Waals surface area contributed by atoms with Crippen molar-refractivity contribution in [3.8, 4) is 11.3 Å². The van der Waals surface area contributed by atoms with Gasteiger partial charge in [-0.15, -0.1) is 11.3 Å². The van der Waals surface area contributed by atoms with Crippen LogP contribution in [0.2, 0.25) is 0 Å². The Morgan fingerprint density at radius 1 is 1.03 bits per heavy atom. The van der Waals surface area contributed by atoms with Crippen LogP contribution < -0.4 is 5.32 Å². The van der Waals surface area contributed by atoms with Gasteiger partial charge in [0.2, 0.25) is 10.0 Å². The van der Waals surface area contributed by atoms with Crippen molar-refractivity contribution in [3.05, 3.63) is 64.0 Å². The average Bonchev–Trinajstić information content (AvgIpc) is 3.12. The van der Waals surface area contributed by atoms with Crippen LogP contribution in [0.1, 0.15) is 27.0 Å². The molecule has 1 amide bonds. The molecule has 1 heterocycles.